The predicted octanol–water partition coefficient (Wildman–Crippen LogP) is 4.15. The minimum atomic E-state index is 0.546. The van der Waals surface area contributed by atoms with Crippen LogP contribution >= 0.6 is 15.9 Å². The molecule has 2 rings (SSSR count). The Labute approximate surface area is 134 Å². The maximum Gasteiger partial charge on any atom is 0.124 e. The van der Waals surface area contributed by atoms with Gasteiger partial charge in [-0.2, -0.15) is 0 Å². The van der Waals surface area contributed by atoms with Crippen LogP contribution in [0.25, 0.3) is 0 Å². The van der Waals surface area contributed by atoms with E-state index in [9.17, 15) is 0 Å². The van der Waals surface area contributed by atoms with Crippen molar-refractivity contribution in [3.63, 3.8) is 0 Å². The summed E-state index contributed by atoms with van der Waals surface area (Å²) in [5.74, 6) is 1.77. The fraction of sp³-hybridized carbons (Fsp3) is 0.294. The third kappa shape index (κ3) is 4.76. The number of ether oxygens (including phenoxy) is 2. The fourth-order valence-corrected chi connectivity index (χ4v) is 2.38. The Balaban J connectivity index is 2.04. The number of hydrogen-bond donors (Lipinski definition) is 1. The van der Waals surface area contributed by atoms with E-state index in [0.717, 1.165) is 40.2 Å². The molecule has 0 bridgehead atoms. The normalized spacial score (nSPS) is 10.4. The SMILES string of the molecule is CCNCc1cc(Br)ccc1OCc1ccc(OC)cc1. The second kappa shape index (κ2) is 8.05. The van der Waals surface area contributed by atoms with E-state index in [1.54, 1.807) is 7.11 Å². The van der Waals surface area contributed by atoms with Crippen molar-refractivity contribution in [1.29, 1.82) is 0 Å². The van der Waals surface area contributed by atoms with E-state index >= 15 is 0 Å². The molecule has 0 fully saturated rings. The molecular weight excluding hydrogens is 330 g/mol. The molecule has 21 heavy (non-hydrogen) atoms. The van der Waals surface area contributed by atoms with Crippen LogP contribution in [0.2, 0.25) is 0 Å². The molecule has 1 N–H and O–H groups in total. The zero-order valence-electron chi connectivity index (χ0n) is 12.4. The average Bonchev–Trinajstić information content (AvgIpc) is 2.52. The maximum absolute atomic E-state index is 5.95. The van der Waals surface area contributed by atoms with Crippen LogP contribution in [0.4, 0.5) is 0 Å². The van der Waals surface area contributed by atoms with Gasteiger partial charge in [0.05, 0.1) is 7.11 Å². The number of hydrogen-bond acceptors (Lipinski definition) is 3. The van der Waals surface area contributed by atoms with Crippen LogP contribution in [0.1, 0.15) is 18.1 Å². The van der Waals surface area contributed by atoms with Crippen LogP contribution in [0, 0.1) is 0 Å². The molecule has 2 aromatic carbocycles. The topological polar surface area (TPSA) is 30.5 Å². The van der Waals surface area contributed by atoms with Gasteiger partial charge in [-0.15, -0.1) is 0 Å². The van der Waals surface area contributed by atoms with Crippen molar-refractivity contribution in [1.82, 2.24) is 5.32 Å². The summed E-state index contributed by atoms with van der Waals surface area (Å²) in [6.07, 6.45) is 0. The first-order valence-corrected chi connectivity index (χ1v) is 7.77. The van der Waals surface area contributed by atoms with E-state index in [4.69, 9.17) is 9.47 Å². The van der Waals surface area contributed by atoms with Gasteiger partial charge in [0, 0.05) is 16.6 Å². The van der Waals surface area contributed by atoms with Gasteiger partial charge in [0.2, 0.25) is 0 Å². The Morgan fingerprint density at radius 2 is 1.86 bits per heavy atom. The highest BCUT2D eigenvalue weighted by atomic mass is 79.9. The fourth-order valence-electron chi connectivity index (χ4n) is 1.97. The smallest absolute Gasteiger partial charge is 0.124 e. The number of benzene rings is 2. The summed E-state index contributed by atoms with van der Waals surface area (Å²) in [4.78, 5) is 0. The summed E-state index contributed by atoms with van der Waals surface area (Å²) in [5.41, 5.74) is 2.27. The van der Waals surface area contributed by atoms with Crippen LogP contribution < -0.4 is 14.8 Å². The average molecular weight is 350 g/mol. The van der Waals surface area contributed by atoms with Crippen molar-refractivity contribution in [2.45, 2.75) is 20.1 Å². The van der Waals surface area contributed by atoms with Crippen LogP contribution in [0.3, 0.4) is 0 Å². The Bertz CT molecular complexity index is 570. The molecule has 0 atom stereocenters. The molecular formula is C17H20BrNO2. The Hall–Kier alpha value is -1.52. The van der Waals surface area contributed by atoms with Gasteiger partial charge in [0.25, 0.3) is 0 Å². The number of halogens is 1. The second-order valence-electron chi connectivity index (χ2n) is 4.67. The largest absolute Gasteiger partial charge is 0.497 e. The van der Waals surface area contributed by atoms with E-state index in [1.807, 2.05) is 36.4 Å². The molecule has 4 heteroatoms. The molecule has 0 amide bonds. The van der Waals surface area contributed by atoms with Crippen LogP contribution in [-0.4, -0.2) is 13.7 Å². The van der Waals surface area contributed by atoms with E-state index in [1.165, 1.54) is 0 Å². The lowest BCUT2D eigenvalue weighted by Gasteiger charge is -2.13. The lowest BCUT2D eigenvalue weighted by atomic mass is 10.2. The molecule has 0 unspecified atom stereocenters. The van der Waals surface area contributed by atoms with Crippen molar-refractivity contribution in [3.05, 3.63) is 58.1 Å². The summed E-state index contributed by atoms with van der Waals surface area (Å²) in [6.45, 7) is 4.37. The van der Waals surface area contributed by atoms with E-state index < -0.39 is 0 Å². The van der Waals surface area contributed by atoms with Crippen molar-refractivity contribution in [2.75, 3.05) is 13.7 Å². The van der Waals surface area contributed by atoms with Crippen molar-refractivity contribution in [2.24, 2.45) is 0 Å². The summed E-state index contributed by atoms with van der Waals surface area (Å²) >= 11 is 3.50. The molecule has 0 saturated heterocycles. The molecule has 112 valence electrons. The number of methoxy groups -OCH3 is 1. The van der Waals surface area contributed by atoms with Crippen LogP contribution in [0.15, 0.2) is 46.9 Å². The molecule has 2 aromatic rings. The highest BCUT2D eigenvalue weighted by Gasteiger charge is 2.05. The highest BCUT2D eigenvalue weighted by molar-refractivity contribution is 9.10. The minimum absolute atomic E-state index is 0.546. The molecule has 0 spiro atoms. The Morgan fingerprint density at radius 1 is 1.10 bits per heavy atom. The van der Waals surface area contributed by atoms with Crippen LogP contribution in [0.5, 0.6) is 11.5 Å². The summed E-state index contributed by atoms with van der Waals surface area (Å²) in [5, 5.41) is 3.33. The van der Waals surface area contributed by atoms with Gasteiger partial charge in [0.15, 0.2) is 0 Å². The zero-order valence-corrected chi connectivity index (χ0v) is 13.9. The third-order valence-electron chi connectivity index (χ3n) is 3.14. The molecule has 0 aliphatic heterocycles. The zero-order chi connectivity index (χ0) is 15.1. The van der Waals surface area contributed by atoms with E-state index in [-0.39, 0.29) is 0 Å². The molecule has 0 saturated carbocycles. The quantitative estimate of drug-likeness (QED) is 0.814. The van der Waals surface area contributed by atoms with E-state index in [2.05, 4.69) is 34.2 Å². The Morgan fingerprint density at radius 3 is 2.52 bits per heavy atom. The third-order valence-corrected chi connectivity index (χ3v) is 3.63. The number of nitrogens with one attached hydrogen (secondary N) is 1. The van der Waals surface area contributed by atoms with Crippen molar-refractivity contribution in [3.8, 4) is 11.5 Å². The van der Waals surface area contributed by atoms with Gasteiger partial charge in [0.1, 0.15) is 18.1 Å². The second-order valence-corrected chi connectivity index (χ2v) is 5.58. The predicted molar refractivity (Wildman–Crippen MR) is 88.8 cm³/mol. The maximum atomic E-state index is 5.95. The van der Waals surface area contributed by atoms with Crippen molar-refractivity contribution >= 4 is 15.9 Å². The lowest BCUT2D eigenvalue weighted by Crippen LogP contribution is -2.13. The first-order valence-electron chi connectivity index (χ1n) is 6.97. The first kappa shape index (κ1) is 15.9. The first-order chi connectivity index (χ1) is 10.2. The Kier molecular flexibility index (Phi) is 6.08. The van der Waals surface area contributed by atoms with Gasteiger partial charge in [-0.25, -0.2) is 0 Å². The van der Waals surface area contributed by atoms with Gasteiger partial charge in [-0.3, -0.25) is 0 Å². The molecule has 0 heterocycles. The molecule has 0 aliphatic rings. The molecule has 0 aliphatic carbocycles. The minimum Gasteiger partial charge on any atom is -0.497 e. The monoisotopic (exact) mass is 349 g/mol. The highest BCUT2D eigenvalue weighted by Crippen LogP contribution is 2.24. The summed E-state index contributed by atoms with van der Waals surface area (Å²) in [7, 11) is 1.67. The number of rotatable bonds is 7. The summed E-state index contributed by atoms with van der Waals surface area (Å²) < 4.78 is 12.2. The van der Waals surface area contributed by atoms with Crippen molar-refractivity contribution < 1.29 is 9.47 Å². The van der Waals surface area contributed by atoms with Gasteiger partial charge in [-0.05, 0) is 42.4 Å². The standard InChI is InChI=1S/C17H20BrNO2/c1-3-19-11-14-10-15(18)6-9-17(14)21-12-13-4-7-16(20-2)8-5-13/h4-10,19H,3,11-12H2,1-2H3. The lowest BCUT2D eigenvalue weighted by molar-refractivity contribution is 0.302. The van der Waals surface area contributed by atoms with Crippen LogP contribution in [-0.2, 0) is 13.2 Å². The molecule has 3 nitrogen and oxygen atoms in total. The van der Waals surface area contributed by atoms with E-state index in [0.29, 0.717) is 6.61 Å². The van der Waals surface area contributed by atoms with Gasteiger partial charge in [-0.1, -0.05) is 35.0 Å². The molecule has 0 radical (unpaired) electrons. The van der Waals surface area contributed by atoms with Gasteiger partial charge < -0.3 is 14.8 Å². The summed E-state index contributed by atoms with van der Waals surface area (Å²) in [6, 6.07) is 14.0. The van der Waals surface area contributed by atoms with Gasteiger partial charge >= 0.3 is 0 Å². The molecule has 0 aromatic heterocycles.